The molecule has 0 atom stereocenters. The van der Waals surface area contributed by atoms with E-state index in [1.54, 1.807) is 17.3 Å². The van der Waals surface area contributed by atoms with E-state index < -0.39 is 0 Å². The van der Waals surface area contributed by atoms with Crippen LogP contribution in [0.4, 0.5) is 0 Å². The highest BCUT2D eigenvalue weighted by Gasteiger charge is 2.14. The molecule has 4 nitrogen and oxygen atoms in total. The van der Waals surface area contributed by atoms with Gasteiger partial charge in [-0.15, -0.1) is 11.3 Å². The highest BCUT2D eigenvalue weighted by molar-refractivity contribution is 7.09. The number of benzene rings is 1. The van der Waals surface area contributed by atoms with Crippen molar-refractivity contribution in [3.05, 3.63) is 51.5 Å². The van der Waals surface area contributed by atoms with Crippen molar-refractivity contribution in [1.29, 1.82) is 0 Å². The number of carbonyl (C=O) groups excluding carboxylic acids is 1. The van der Waals surface area contributed by atoms with Crippen LogP contribution >= 0.6 is 11.3 Å². The fourth-order valence-electron chi connectivity index (χ4n) is 1.89. The predicted octanol–water partition coefficient (Wildman–Crippen LogP) is 2.07. The molecule has 0 saturated heterocycles. The van der Waals surface area contributed by atoms with Gasteiger partial charge in [-0.05, 0) is 24.6 Å². The Morgan fingerprint density at radius 2 is 2.29 bits per heavy atom. The third kappa shape index (κ3) is 4.15. The molecule has 0 spiro atoms. The van der Waals surface area contributed by atoms with Gasteiger partial charge in [0.2, 0.25) is 0 Å². The lowest BCUT2D eigenvalue weighted by Gasteiger charge is -2.16. The van der Waals surface area contributed by atoms with E-state index in [9.17, 15) is 4.79 Å². The number of thiazole rings is 1. The summed E-state index contributed by atoms with van der Waals surface area (Å²) in [6.45, 7) is 2.21. The lowest BCUT2D eigenvalue weighted by atomic mass is 10.1. The van der Waals surface area contributed by atoms with Crippen molar-refractivity contribution < 1.29 is 9.90 Å². The molecule has 5 heteroatoms. The Labute approximate surface area is 128 Å². The quantitative estimate of drug-likeness (QED) is 0.883. The topological polar surface area (TPSA) is 53.4 Å². The fraction of sp³-hybridized carbons (Fsp3) is 0.250. The van der Waals surface area contributed by atoms with Gasteiger partial charge in [0.1, 0.15) is 12.3 Å². The summed E-state index contributed by atoms with van der Waals surface area (Å²) in [6, 6.07) is 7.62. The van der Waals surface area contributed by atoms with Gasteiger partial charge in [-0.1, -0.05) is 24.0 Å². The predicted molar refractivity (Wildman–Crippen MR) is 83.1 cm³/mol. The van der Waals surface area contributed by atoms with Crippen LogP contribution in [0.25, 0.3) is 0 Å². The molecule has 0 aliphatic carbocycles. The lowest BCUT2D eigenvalue weighted by molar-refractivity contribution is 0.0780. The molecule has 1 aromatic heterocycles. The number of carbonyl (C=O) groups is 1. The van der Waals surface area contributed by atoms with Gasteiger partial charge in [0.25, 0.3) is 5.91 Å². The third-order valence-electron chi connectivity index (χ3n) is 2.84. The van der Waals surface area contributed by atoms with Crippen LogP contribution in [0.15, 0.2) is 29.6 Å². The number of rotatable bonds is 3. The van der Waals surface area contributed by atoms with Gasteiger partial charge in [0.15, 0.2) is 0 Å². The van der Waals surface area contributed by atoms with E-state index in [1.165, 1.54) is 11.3 Å². The fourth-order valence-corrected chi connectivity index (χ4v) is 2.48. The zero-order valence-electron chi connectivity index (χ0n) is 12.0. The standard InChI is InChI=1S/C16H16N2O2S/c1-12-17-15(11-21-12)16(20)18(2)10-14-6-3-5-13(9-14)7-4-8-19/h3,5-6,9,11,19H,8,10H2,1-2H3. The van der Waals surface area contributed by atoms with Crippen LogP contribution in [0.1, 0.15) is 26.6 Å². The summed E-state index contributed by atoms with van der Waals surface area (Å²) in [5.41, 5.74) is 2.30. The number of aryl methyl sites for hydroxylation is 1. The first kappa shape index (κ1) is 15.2. The molecule has 21 heavy (non-hydrogen) atoms. The van der Waals surface area contributed by atoms with E-state index in [0.29, 0.717) is 12.2 Å². The molecule has 1 amide bonds. The zero-order chi connectivity index (χ0) is 15.2. The van der Waals surface area contributed by atoms with Gasteiger partial charge in [0, 0.05) is 24.5 Å². The number of aromatic nitrogens is 1. The summed E-state index contributed by atoms with van der Waals surface area (Å²) in [4.78, 5) is 18.1. The second kappa shape index (κ2) is 7.02. The van der Waals surface area contributed by atoms with Crippen molar-refractivity contribution in [2.24, 2.45) is 0 Å². The largest absolute Gasteiger partial charge is 0.384 e. The molecule has 108 valence electrons. The molecule has 0 aliphatic heterocycles. The summed E-state index contributed by atoms with van der Waals surface area (Å²) >= 11 is 1.47. The first-order valence-electron chi connectivity index (χ1n) is 6.46. The van der Waals surface area contributed by atoms with Crippen LogP contribution in [0.2, 0.25) is 0 Å². The Hall–Kier alpha value is -2.16. The summed E-state index contributed by atoms with van der Waals surface area (Å²) in [5.74, 6) is 5.38. The van der Waals surface area contributed by atoms with E-state index in [4.69, 9.17) is 5.11 Å². The second-order valence-corrected chi connectivity index (χ2v) is 5.64. The minimum atomic E-state index is -0.161. The Bertz CT molecular complexity index is 698. The van der Waals surface area contributed by atoms with Crippen LogP contribution in [-0.2, 0) is 6.54 Å². The highest BCUT2D eigenvalue weighted by atomic mass is 32.1. The molecule has 0 saturated carbocycles. The third-order valence-corrected chi connectivity index (χ3v) is 3.62. The van der Waals surface area contributed by atoms with E-state index in [1.807, 2.05) is 31.2 Å². The van der Waals surface area contributed by atoms with Gasteiger partial charge in [-0.3, -0.25) is 4.79 Å². The average molecular weight is 300 g/mol. The number of hydrogen-bond donors (Lipinski definition) is 1. The molecule has 0 fully saturated rings. The highest BCUT2D eigenvalue weighted by Crippen LogP contribution is 2.12. The molecule has 0 bridgehead atoms. The number of amides is 1. The number of aliphatic hydroxyl groups excluding tert-OH is 1. The number of aliphatic hydroxyl groups is 1. The first-order valence-corrected chi connectivity index (χ1v) is 7.34. The Balaban J connectivity index is 2.08. The van der Waals surface area contributed by atoms with Crippen LogP contribution in [0.5, 0.6) is 0 Å². The van der Waals surface area contributed by atoms with Crippen LogP contribution in [0.3, 0.4) is 0 Å². The van der Waals surface area contributed by atoms with Crippen molar-refractivity contribution in [3.63, 3.8) is 0 Å². The van der Waals surface area contributed by atoms with Crippen LogP contribution in [0, 0.1) is 18.8 Å². The molecule has 0 unspecified atom stereocenters. The molecule has 1 heterocycles. The van der Waals surface area contributed by atoms with E-state index >= 15 is 0 Å². The maximum Gasteiger partial charge on any atom is 0.273 e. The molecule has 2 rings (SSSR count). The Morgan fingerprint density at radius 3 is 2.95 bits per heavy atom. The molecular formula is C16H16N2O2S. The van der Waals surface area contributed by atoms with Crippen LogP contribution < -0.4 is 0 Å². The van der Waals surface area contributed by atoms with Gasteiger partial charge < -0.3 is 10.0 Å². The van der Waals surface area contributed by atoms with Gasteiger partial charge in [-0.2, -0.15) is 0 Å². The Morgan fingerprint density at radius 1 is 1.48 bits per heavy atom. The van der Waals surface area contributed by atoms with Gasteiger partial charge >= 0.3 is 0 Å². The van der Waals surface area contributed by atoms with Crippen molar-refractivity contribution in [1.82, 2.24) is 9.88 Å². The van der Waals surface area contributed by atoms with Crippen molar-refractivity contribution in [2.75, 3.05) is 13.7 Å². The van der Waals surface area contributed by atoms with E-state index in [2.05, 4.69) is 16.8 Å². The van der Waals surface area contributed by atoms with Gasteiger partial charge in [-0.25, -0.2) is 4.98 Å². The zero-order valence-corrected chi connectivity index (χ0v) is 12.8. The molecule has 0 aliphatic rings. The molecular weight excluding hydrogens is 284 g/mol. The monoisotopic (exact) mass is 300 g/mol. The molecule has 2 aromatic rings. The van der Waals surface area contributed by atoms with E-state index in [-0.39, 0.29) is 12.5 Å². The Kier molecular flexibility index (Phi) is 5.09. The maximum absolute atomic E-state index is 12.2. The summed E-state index contributed by atoms with van der Waals surface area (Å²) in [5, 5.41) is 11.4. The summed E-state index contributed by atoms with van der Waals surface area (Å²) in [6.07, 6.45) is 0. The minimum absolute atomic E-state index is 0.0915. The summed E-state index contributed by atoms with van der Waals surface area (Å²) in [7, 11) is 1.75. The van der Waals surface area contributed by atoms with Gasteiger partial charge in [0.05, 0.1) is 5.01 Å². The normalized spacial score (nSPS) is 9.86. The van der Waals surface area contributed by atoms with Crippen LogP contribution in [-0.4, -0.2) is 34.6 Å². The van der Waals surface area contributed by atoms with Crippen molar-refractivity contribution >= 4 is 17.2 Å². The minimum Gasteiger partial charge on any atom is -0.384 e. The number of hydrogen-bond acceptors (Lipinski definition) is 4. The first-order chi connectivity index (χ1) is 10.1. The second-order valence-electron chi connectivity index (χ2n) is 4.57. The van der Waals surface area contributed by atoms with Crippen molar-refractivity contribution in [3.8, 4) is 11.8 Å². The smallest absolute Gasteiger partial charge is 0.273 e. The number of nitrogens with zero attached hydrogens (tertiary/aromatic N) is 2. The maximum atomic E-state index is 12.2. The molecule has 1 aromatic carbocycles. The lowest BCUT2D eigenvalue weighted by Crippen LogP contribution is -2.26. The SMILES string of the molecule is Cc1nc(C(=O)N(C)Cc2cccc(C#CCO)c2)cs1. The molecule has 0 radical (unpaired) electrons. The van der Waals surface area contributed by atoms with Crippen molar-refractivity contribution in [2.45, 2.75) is 13.5 Å². The molecule has 1 N–H and O–H groups in total. The summed E-state index contributed by atoms with van der Waals surface area (Å²) < 4.78 is 0. The van der Waals surface area contributed by atoms with E-state index in [0.717, 1.165) is 16.1 Å². The average Bonchev–Trinajstić information content (AvgIpc) is 2.91.